The summed E-state index contributed by atoms with van der Waals surface area (Å²) in [5.41, 5.74) is 0.329. The van der Waals surface area contributed by atoms with Crippen LogP contribution in [0.5, 0.6) is 5.75 Å². The van der Waals surface area contributed by atoms with Crippen molar-refractivity contribution in [3.63, 3.8) is 0 Å². The fourth-order valence-corrected chi connectivity index (χ4v) is 3.52. The van der Waals surface area contributed by atoms with E-state index in [1.54, 1.807) is 18.2 Å². The van der Waals surface area contributed by atoms with Crippen molar-refractivity contribution in [1.82, 2.24) is 0 Å². The van der Waals surface area contributed by atoms with Gasteiger partial charge in [0.2, 0.25) is 0 Å². The van der Waals surface area contributed by atoms with E-state index in [1.165, 1.54) is 0 Å². The molecule has 0 N–H and O–H groups in total. The molecule has 2 rings (SSSR count). The van der Waals surface area contributed by atoms with Gasteiger partial charge in [-0.1, -0.05) is 55.2 Å². The van der Waals surface area contributed by atoms with Gasteiger partial charge >= 0.3 is 18.9 Å². The molecule has 0 aliphatic rings. The molecule has 0 heterocycles. The zero-order valence-electron chi connectivity index (χ0n) is 13.4. The van der Waals surface area contributed by atoms with E-state index in [4.69, 9.17) is 27.9 Å². The number of ether oxygens (including phenoxy) is 1. The van der Waals surface area contributed by atoms with Gasteiger partial charge in [0, 0.05) is 0 Å². The van der Waals surface area contributed by atoms with E-state index in [2.05, 4.69) is 13.8 Å². The third kappa shape index (κ3) is 6.15. The molecule has 0 bridgehead atoms. The monoisotopic (exact) mass is 361 g/mol. The molecule has 0 fully saturated rings. The maximum absolute atomic E-state index is 12.4. The number of hydrogen-bond acceptors (Lipinski definition) is 2. The minimum Gasteiger partial charge on any atom is -0.493 e. The number of carbonyl (C=O) groups is 1. The Morgan fingerprint density at radius 1 is 1.09 bits per heavy atom. The van der Waals surface area contributed by atoms with Crippen LogP contribution in [0.15, 0.2) is 42.5 Å². The van der Waals surface area contributed by atoms with E-state index in [9.17, 15) is 4.79 Å². The average Bonchev–Trinajstić information content (AvgIpc) is 2.46. The largest absolute Gasteiger partial charge is 1.00 e. The molecule has 0 aliphatic carbocycles. The van der Waals surface area contributed by atoms with Crippen LogP contribution < -0.4 is 28.9 Å². The Bertz CT molecular complexity index is 640. The number of rotatable bonds is 6. The summed E-state index contributed by atoms with van der Waals surface area (Å²) in [6, 6.07) is 12.6. The van der Waals surface area contributed by atoms with Gasteiger partial charge in [0.15, 0.2) is 5.52 Å². The molecule has 0 amide bonds. The van der Waals surface area contributed by atoms with E-state index < -0.39 is 0 Å². The maximum Gasteiger partial charge on any atom is 1.00 e. The molecule has 0 radical (unpaired) electrons. The Morgan fingerprint density at radius 2 is 1.65 bits per heavy atom. The zero-order chi connectivity index (χ0) is 16.1. The first-order valence-corrected chi connectivity index (χ1v) is 8.71. The van der Waals surface area contributed by atoms with Crippen LogP contribution in [-0.4, -0.2) is 12.1 Å². The summed E-state index contributed by atoms with van der Waals surface area (Å²) in [6.45, 7) is 4.87. The Balaban J connectivity index is 0.00000264. The second-order valence-corrected chi connectivity index (χ2v) is 7.38. The van der Waals surface area contributed by atoms with Crippen molar-refractivity contribution in [2.45, 2.75) is 13.8 Å². The molecule has 116 valence electrons. The molecule has 0 saturated carbocycles. The summed E-state index contributed by atoms with van der Waals surface area (Å²) < 4.78 is 5.63. The molecule has 1 atom stereocenters. The normalized spacial score (nSPS) is 10.8. The smallest absolute Gasteiger partial charge is 0.493 e. The quantitative estimate of drug-likeness (QED) is 0.582. The fraction of sp³-hybridized carbons (Fsp3) is 0.235. The van der Waals surface area contributed by atoms with Crippen molar-refractivity contribution < 1.29 is 28.4 Å². The minimum atomic E-state index is -0.0635. The summed E-state index contributed by atoms with van der Waals surface area (Å²) in [7, 11) is -0.0211. The Morgan fingerprint density at radius 3 is 2.17 bits per heavy atom. The molecule has 0 aromatic heterocycles. The van der Waals surface area contributed by atoms with Crippen LogP contribution in [0.1, 0.15) is 24.2 Å². The van der Waals surface area contributed by atoms with Gasteiger partial charge in [-0.05, 0) is 44.1 Å². The summed E-state index contributed by atoms with van der Waals surface area (Å²) >= 11 is 12.1. The molecule has 0 aliphatic heterocycles. The van der Waals surface area contributed by atoms with Crippen molar-refractivity contribution in [1.29, 1.82) is 0 Å². The molecular weight excluding hydrogens is 345 g/mol. The first kappa shape index (κ1) is 20.6. The zero-order valence-corrected chi connectivity index (χ0v) is 15.9. The molecule has 0 spiro atoms. The van der Waals surface area contributed by atoms with E-state index >= 15 is 0 Å². The first-order chi connectivity index (χ1) is 10.5. The average molecular weight is 362 g/mol. The van der Waals surface area contributed by atoms with Crippen molar-refractivity contribution in [2.24, 2.45) is 5.92 Å². The predicted molar refractivity (Wildman–Crippen MR) is 95.5 cm³/mol. The van der Waals surface area contributed by atoms with Gasteiger partial charge in [-0.2, -0.15) is 0 Å². The van der Waals surface area contributed by atoms with E-state index in [-0.39, 0.29) is 33.0 Å². The summed E-state index contributed by atoms with van der Waals surface area (Å²) in [4.78, 5) is 12.4. The Labute approximate surface area is 160 Å². The van der Waals surface area contributed by atoms with Crippen molar-refractivity contribution in [3.8, 4) is 5.75 Å². The number of benzene rings is 2. The topological polar surface area (TPSA) is 26.3 Å². The van der Waals surface area contributed by atoms with Crippen LogP contribution >= 0.6 is 31.8 Å². The van der Waals surface area contributed by atoms with Gasteiger partial charge in [0.05, 0.1) is 22.2 Å². The number of hydrogen-bond donors (Lipinski definition) is 0. The second kappa shape index (κ2) is 9.73. The first-order valence-electron chi connectivity index (χ1n) is 6.95. The van der Waals surface area contributed by atoms with Crippen molar-refractivity contribution >= 4 is 42.6 Å². The summed E-state index contributed by atoms with van der Waals surface area (Å²) in [5.74, 6) is 1.29. The van der Waals surface area contributed by atoms with Crippen LogP contribution in [0.2, 0.25) is 10.0 Å². The molecule has 2 aromatic rings. The van der Waals surface area contributed by atoms with Gasteiger partial charge in [0.1, 0.15) is 5.75 Å². The van der Waals surface area contributed by atoms with Crippen molar-refractivity contribution in [2.75, 3.05) is 6.61 Å². The number of halogens is 2. The van der Waals surface area contributed by atoms with Crippen LogP contribution in [0.4, 0.5) is 0 Å². The minimum absolute atomic E-state index is 0. The van der Waals surface area contributed by atoms with Crippen LogP contribution in [0.3, 0.4) is 0 Å². The van der Waals surface area contributed by atoms with Crippen molar-refractivity contribution in [3.05, 3.63) is 58.1 Å². The van der Waals surface area contributed by atoms with Crippen LogP contribution in [0, 0.1) is 5.92 Å². The second-order valence-electron chi connectivity index (χ2n) is 5.28. The number of carbonyl (C=O) groups excluding carboxylic acids is 1. The van der Waals surface area contributed by atoms with Gasteiger partial charge < -0.3 is 4.74 Å². The molecule has 6 heteroatoms. The third-order valence-electron chi connectivity index (χ3n) is 2.89. The third-order valence-corrected chi connectivity index (χ3v) is 4.61. The molecule has 2 nitrogen and oxygen atoms in total. The Hall–Kier alpha value is -0.483. The molecule has 23 heavy (non-hydrogen) atoms. The maximum atomic E-state index is 12.4. The molecular formula is C17H17Cl2LiO2P+. The van der Waals surface area contributed by atoms with Gasteiger partial charge in [-0.25, -0.2) is 0 Å². The van der Waals surface area contributed by atoms with E-state index in [0.717, 1.165) is 11.1 Å². The van der Waals surface area contributed by atoms with E-state index in [0.29, 0.717) is 28.1 Å². The van der Waals surface area contributed by atoms with Crippen LogP contribution in [-0.2, 0) is 0 Å². The standard InChI is InChI=1S/C17H17Cl2O2P.Li/c1-11(2)10-21-12-6-8-13(9-7-12)22-17(20)16-14(18)4-3-5-15(16)19;/h3-9,11,22H,10H2,1-2H3;/q;+1. The molecule has 0 saturated heterocycles. The SMILES string of the molecule is CC(C)COc1ccc(PC(=O)c2c(Cl)cccc2Cl)cc1.[Li+]. The Kier molecular flexibility index (Phi) is 8.70. The molecule has 1 unspecified atom stereocenters. The van der Waals surface area contributed by atoms with Gasteiger partial charge in [-0.15, -0.1) is 0 Å². The molecule has 2 aromatic carbocycles. The van der Waals surface area contributed by atoms with Gasteiger partial charge in [-0.3, -0.25) is 4.79 Å². The van der Waals surface area contributed by atoms with E-state index in [1.807, 2.05) is 24.3 Å². The summed E-state index contributed by atoms with van der Waals surface area (Å²) in [5, 5.41) is 1.71. The summed E-state index contributed by atoms with van der Waals surface area (Å²) in [6.07, 6.45) is 0. The van der Waals surface area contributed by atoms with Gasteiger partial charge in [0.25, 0.3) is 0 Å². The predicted octanol–water partition coefficient (Wildman–Crippen LogP) is 2.18. The van der Waals surface area contributed by atoms with Crippen LogP contribution in [0.25, 0.3) is 0 Å². The fourth-order valence-electron chi connectivity index (χ4n) is 1.81.